The highest BCUT2D eigenvalue weighted by atomic mass is 32.1. The molecule has 3 heteroatoms. The maximum atomic E-state index is 5.34. The molecule has 1 atom stereocenters. The Morgan fingerprint density at radius 1 is 1.56 bits per heavy atom. The van der Waals surface area contributed by atoms with Crippen molar-refractivity contribution in [2.45, 2.75) is 32.9 Å². The van der Waals surface area contributed by atoms with Crippen LogP contribution in [0.1, 0.15) is 30.7 Å². The molecule has 0 radical (unpaired) electrons. The smallest absolute Gasteiger partial charge is 0.0555 e. The van der Waals surface area contributed by atoms with Crippen molar-refractivity contribution >= 4 is 11.3 Å². The molecule has 1 aromatic rings. The second-order valence-corrected chi connectivity index (χ2v) is 4.98. The van der Waals surface area contributed by atoms with Gasteiger partial charge in [-0.15, -0.1) is 11.3 Å². The molecule has 0 spiro atoms. The number of nitrogens with zero attached hydrogens (tertiary/aromatic N) is 1. The molecule has 0 saturated heterocycles. The molecule has 0 aromatic carbocycles. The van der Waals surface area contributed by atoms with Gasteiger partial charge in [0.1, 0.15) is 0 Å². The standard InChI is InChI=1S/C13H20N2S/c1-4-11(2)15(3)9-13-8-12(10-16-13)6-5-7-14/h8,10-11H,4,7,9,14H2,1-3H3. The quantitative estimate of drug-likeness (QED) is 0.813. The van der Waals surface area contributed by atoms with Crippen LogP contribution in [0.5, 0.6) is 0 Å². The van der Waals surface area contributed by atoms with Crippen LogP contribution in [0, 0.1) is 11.8 Å². The summed E-state index contributed by atoms with van der Waals surface area (Å²) < 4.78 is 0. The van der Waals surface area contributed by atoms with Crippen LogP contribution in [0.4, 0.5) is 0 Å². The van der Waals surface area contributed by atoms with Gasteiger partial charge in [0.2, 0.25) is 0 Å². The molecule has 1 rings (SSSR count). The molecule has 2 nitrogen and oxygen atoms in total. The Balaban J connectivity index is 2.58. The predicted molar refractivity (Wildman–Crippen MR) is 71.5 cm³/mol. The molecule has 0 amide bonds. The van der Waals surface area contributed by atoms with E-state index in [1.54, 1.807) is 11.3 Å². The van der Waals surface area contributed by atoms with Gasteiger partial charge in [-0.25, -0.2) is 0 Å². The van der Waals surface area contributed by atoms with Gasteiger partial charge in [-0.1, -0.05) is 18.8 Å². The molecule has 0 saturated carbocycles. The van der Waals surface area contributed by atoms with Gasteiger partial charge < -0.3 is 5.73 Å². The van der Waals surface area contributed by atoms with E-state index in [1.165, 1.54) is 11.3 Å². The Morgan fingerprint density at radius 3 is 2.94 bits per heavy atom. The molecule has 1 aromatic heterocycles. The Morgan fingerprint density at radius 2 is 2.31 bits per heavy atom. The summed E-state index contributed by atoms with van der Waals surface area (Å²) in [6, 6.07) is 2.78. The molecule has 2 N–H and O–H groups in total. The average Bonchev–Trinajstić information content (AvgIpc) is 2.72. The first kappa shape index (κ1) is 13.2. The molecule has 0 aliphatic carbocycles. The Bertz CT molecular complexity index is 373. The van der Waals surface area contributed by atoms with Crippen molar-refractivity contribution in [3.8, 4) is 11.8 Å². The summed E-state index contributed by atoms with van der Waals surface area (Å²) in [7, 11) is 2.17. The molecule has 16 heavy (non-hydrogen) atoms. The van der Waals surface area contributed by atoms with Crippen LogP contribution in [0.3, 0.4) is 0 Å². The third-order valence-corrected chi connectivity index (χ3v) is 3.66. The van der Waals surface area contributed by atoms with Crippen molar-refractivity contribution in [3.63, 3.8) is 0 Å². The second kappa shape index (κ2) is 6.70. The SMILES string of the molecule is CCC(C)N(C)Cc1cc(C#CCN)cs1. The van der Waals surface area contributed by atoms with Gasteiger partial charge in [0.25, 0.3) is 0 Å². The van der Waals surface area contributed by atoms with Crippen molar-refractivity contribution in [3.05, 3.63) is 21.9 Å². The second-order valence-electron chi connectivity index (χ2n) is 3.98. The fourth-order valence-electron chi connectivity index (χ4n) is 1.40. The summed E-state index contributed by atoms with van der Waals surface area (Å²) in [5.41, 5.74) is 6.43. The monoisotopic (exact) mass is 236 g/mol. The topological polar surface area (TPSA) is 29.3 Å². The third kappa shape index (κ3) is 3.97. The average molecular weight is 236 g/mol. The van der Waals surface area contributed by atoms with Crippen molar-refractivity contribution in [2.24, 2.45) is 5.73 Å². The number of hydrogen-bond donors (Lipinski definition) is 1. The highest BCUT2D eigenvalue weighted by molar-refractivity contribution is 7.10. The Hall–Kier alpha value is -0.820. The van der Waals surface area contributed by atoms with E-state index in [2.05, 4.69) is 49.1 Å². The van der Waals surface area contributed by atoms with E-state index in [9.17, 15) is 0 Å². The summed E-state index contributed by atoms with van der Waals surface area (Å²) in [5, 5.41) is 2.10. The van der Waals surface area contributed by atoms with E-state index in [0.29, 0.717) is 12.6 Å². The van der Waals surface area contributed by atoms with Gasteiger partial charge in [-0.2, -0.15) is 0 Å². The molecular formula is C13H20N2S. The summed E-state index contributed by atoms with van der Waals surface area (Å²) in [4.78, 5) is 3.73. The summed E-state index contributed by atoms with van der Waals surface area (Å²) >= 11 is 1.77. The summed E-state index contributed by atoms with van der Waals surface area (Å²) in [6.07, 6.45) is 1.18. The lowest BCUT2D eigenvalue weighted by molar-refractivity contribution is 0.246. The fourth-order valence-corrected chi connectivity index (χ4v) is 2.27. The van der Waals surface area contributed by atoms with Crippen LogP contribution in [-0.2, 0) is 6.54 Å². The van der Waals surface area contributed by atoms with E-state index in [0.717, 1.165) is 12.1 Å². The minimum Gasteiger partial charge on any atom is -0.320 e. The van der Waals surface area contributed by atoms with Crippen molar-refractivity contribution in [2.75, 3.05) is 13.6 Å². The van der Waals surface area contributed by atoms with Crippen molar-refractivity contribution in [1.29, 1.82) is 0 Å². The predicted octanol–water partition coefficient (Wildman–Crippen LogP) is 2.29. The molecule has 1 unspecified atom stereocenters. The zero-order valence-corrected chi connectivity index (χ0v) is 11.1. The van der Waals surface area contributed by atoms with Gasteiger partial charge in [-0.05, 0) is 26.5 Å². The summed E-state index contributed by atoms with van der Waals surface area (Å²) in [6.45, 7) is 5.90. The first-order valence-corrected chi connectivity index (χ1v) is 6.52. The zero-order chi connectivity index (χ0) is 12.0. The van der Waals surface area contributed by atoms with Crippen molar-refractivity contribution < 1.29 is 0 Å². The van der Waals surface area contributed by atoms with E-state index in [4.69, 9.17) is 5.73 Å². The lowest BCUT2D eigenvalue weighted by Gasteiger charge is -2.22. The number of rotatable bonds is 4. The van der Waals surface area contributed by atoms with Crippen LogP contribution in [0.25, 0.3) is 0 Å². The van der Waals surface area contributed by atoms with Crippen LogP contribution in [0.15, 0.2) is 11.4 Å². The van der Waals surface area contributed by atoms with E-state index >= 15 is 0 Å². The van der Waals surface area contributed by atoms with Gasteiger partial charge in [0, 0.05) is 28.4 Å². The fraction of sp³-hybridized carbons (Fsp3) is 0.538. The Labute approximate surface area is 102 Å². The molecule has 88 valence electrons. The normalized spacial score (nSPS) is 12.3. The maximum absolute atomic E-state index is 5.34. The first-order valence-electron chi connectivity index (χ1n) is 5.64. The maximum Gasteiger partial charge on any atom is 0.0555 e. The molecule has 0 fully saturated rings. The largest absolute Gasteiger partial charge is 0.320 e. The molecular weight excluding hydrogens is 216 g/mol. The van der Waals surface area contributed by atoms with E-state index < -0.39 is 0 Å². The summed E-state index contributed by atoms with van der Waals surface area (Å²) in [5.74, 6) is 5.93. The number of thiophene rings is 1. The highest BCUT2D eigenvalue weighted by Gasteiger charge is 2.08. The van der Waals surface area contributed by atoms with Gasteiger partial charge >= 0.3 is 0 Å². The van der Waals surface area contributed by atoms with E-state index in [1.807, 2.05) is 0 Å². The molecule has 1 heterocycles. The van der Waals surface area contributed by atoms with Gasteiger partial charge in [0.05, 0.1) is 6.54 Å². The van der Waals surface area contributed by atoms with Crippen LogP contribution in [-0.4, -0.2) is 24.5 Å². The lowest BCUT2D eigenvalue weighted by atomic mass is 10.2. The Kier molecular flexibility index (Phi) is 5.54. The van der Waals surface area contributed by atoms with Crippen molar-refractivity contribution in [1.82, 2.24) is 4.90 Å². The van der Waals surface area contributed by atoms with Crippen LogP contribution >= 0.6 is 11.3 Å². The lowest BCUT2D eigenvalue weighted by Crippen LogP contribution is -2.27. The molecule has 0 bridgehead atoms. The van der Waals surface area contributed by atoms with Crippen LogP contribution < -0.4 is 5.73 Å². The number of hydrogen-bond acceptors (Lipinski definition) is 3. The van der Waals surface area contributed by atoms with Gasteiger partial charge in [-0.3, -0.25) is 4.90 Å². The molecule has 0 aliphatic heterocycles. The van der Waals surface area contributed by atoms with Gasteiger partial charge in [0.15, 0.2) is 0 Å². The zero-order valence-electron chi connectivity index (χ0n) is 10.3. The highest BCUT2D eigenvalue weighted by Crippen LogP contribution is 2.17. The minimum atomic E-state index is 0.429. The third-order valence-electron chi connectivity index (χ3n) is 2.74. The van der Waals surface area contributed by atoms with Crippen LogP contribution in [0.2, 0.25) is 0 Å². The number of nitrogens with two attached hydrogens (primary N) is 1. The first-order chi connectivity index (χ1) is 7.67. The molecule has 0 aliphatic rings. The minimum absolute atomic E-state index is 0.429. The van der Waals surface area contributed by atoms with E-state index in [-0.39, 0.29) is 0 Å².